The van der Waals surface area contributed by atoms with Gasteiger partial charge in [0.2, 0.25) is 6.29 Å². The molecular weight excluding hydrogens is 216 g/mol. The molecule has 0 bridgehead atoms. The molecule has 0 unspecified atom stereocenters. The summed E-state index contributed by atoms with van der Waals surface area (Å²) in [6.07, 6.45) is -4.04. The molecule has 4 atom stereocenters. The Kier molecular flexibility index (Phi) is 4.67. The summed E-state index contributed by atoms with van der Waals surface area (Å²) in [6.45, 7) is 2.92. The molecule has 0 saturated carbocycles. The van der Waals surface area contributed by atoms with Gasteiger partial charge in [-0.2, -0.15) is 0 Å². The number of carbonyl (C=O) groups is 1. The second kappa shape index (κ2) is 5.58. The number of carbonyl (C=O) groups excluding carboxylic acids is 1. The van der Waals surface area contributed by atoms with E-state index in [0.717, 1.165) is 0 Å². The van der Waals surface area contributed by atoms with Gasteiger partial charge in [0.15, 0.2) is 0 Å². The molecular formula is C10H18O6. The average Bonchev–Trinajstić information content (AvgIpc) is 2.22. The standard InChI is InChI=1S/C10H18O6/c1-5(2)10(14)16-8-3-6(12)9(13)7(4-11)15-8/h5-9,11-13H,3-4H2,1-2H3/t6-,7-,8+,9+/m1/s1. The summed E-state index contributed by atoms with van der Waals surface area (Å²) in [5.74, 6) is -0.731. The van der Waals surface area contributed by atoms with E-state index in [1.54, 1.807) is 13.8 Å². The van der Waals surface area contributed by atoms with Crippen molar-refractivity contribution in [3.05, 3.63) is 0 Å². The van der Waals surface area contributed by atoms with Crippen LogP contribution in [0.3, 0.4) is 0 Å². The number of hydrogen-bond donors (Lipinski definition) is 3. The highest BCUT2D eigenvalue weighted by molar-refractivity contribution is 5.71. The van der Waals surface area contributed by atoms with E-state index in [9.17, 15) is 15.0 Å². The normalized spacial score (nSPS) is 35.1. The van der Waals surface area contributed by atoms with Crippen molar-refractivity contribution in [1.82, 2.24) is 0 Å². The van der Waals surface area contributed by atoms with Gasteiger partial charge in [-0.05, 0) is 0 Å². The quantitative estimate of drug-likeness (QED) is 0.543. The van der Waals surface area contributed by atoms with Gasteiger partial charge in [0.25, 0.3) is 0 Å². The lowest BCUT2D eigenvalue weighted by atomic mass is 10.0. The first-order chi connectivity index (χ1) is 7.45. The topological polar surface area (TPSA) is 96.2 Å². The highest BCUT2D eigenvalue weighted by Gasteiger charge is 2.38. The predicted octanol–water partition coefficient (Wildman–Crippen LogP) is -0.985. The second-order valence-corrected chi connectivity index (χ2v) is 4.17. The van der Waals surface area contributed by atoms with E-state index in [0.29, 0.717) is 0 Å². The number of rotatable bonds is 3. The summed E-state index contributed by atoms with van der Waals surface area (Å²) < 4.78 is 10.1. The first-order valence-corrected chi connectivity index (χ1v) is 5.28. The molecule has 1 saturated heterocycles. The lowest BCUT2D eigenvalue weighted by Gasteiger charge is -2.35. The Morgan fingerprint density at radius 3 is 2.62 bits per heavy atom. The van der Waals surface area contributed by atoms with Crippen LogP contribution in [0.2, 0.25) is 0 Å². The molecule has 1 fully saturated rings. The van der Waals surface area contributed by atoms with E-state index in [1.807, 2.05) is 0 Å². The molecule has 0 aromatic heterocycles. The van der Waals surface area contributed by atoms with Crippen LogP contribution in [0.4, 0.5) is 0 Å². The highest BCUT2D eigenvalue weighted by Crippen LogP contribution is 2.21. The van der Waals surface area contributed by atoms with Gasteiger partial charge in [0.1, 0.15) is 12.2 Å². The van der Waals surface area contributed by atoms with Crippen molar-refractivity contribution < 1.29 is 29.6 Å². The van der Waals surface area contributed by atoms with Crippen LogP contribution in [-0.2, 0) is 14.3 Å². The minimum absolute atomic E-state index is 0.0100. The van der Waals surface area contributed by atoms with Gasteiger partial charge in [-0.1, -0.05) is 13.8 Å². The Morgan fingerprint density at radius 1 is 1.50 bits per heavy atom. The zero-order valence-corrected chi connectivity index (χ0v) is 9.37. The van der Waals surface area contributed by atoms with Gasteiger partial charge in [-0.25, -0.2) is 0 Å². The maximum atomic E-state index is 11.3. The number of aliphatic hydroxyl groups excluding tert-OH is 3. The zero-order valence-electron chi connectivity index (χ0n) is 9.37. The van der Waals surface area contributed by atoms with Crippen molar-refractivity contribution in [3.63, 3.8) is 0 Å². The minimum Gasteiger partial charge on any atom is -0.435 e. The largest absolute Gasteiger partial charge is 0.435 e. The first kappa shape index (κ1) is 13.4. The van der Waals surface area contributed by atoms with E-state index in [-0.39, 0.29) is 12.3 Å². The smallest absolute Gasteiger partial charge is 0.310 e. The fraction of sp³-hybridized carbons (Fsp3) is 0.900. The third-order valence-corrected chi connectivity index (χ3v) is 2.43. The molecule has 6 heteroatoms. The number of esters is 1. The molecule has 0 spiro atoms. The fourth-order valence-electron chi connectivity index (χ4n) is 1.41. The van der Waals surface area contributed by atoms with E-state index in [4.69, 9.17) is 14.6 Å². The maximum Gasteiger partial charge on any atom is 0.310 e. The van der Waals surface area contributed by atoms with Gasteiger partial charge >= 0.3 is 5.97 Å². The fourth-order valence-corrected chi connectivity index (χ4v) is 1.41. The molecule has 0 aromatic carbocycles. The molecule has 1 aliphatic heterocycles. The van der Waals surface area contributed by atoms with Crippen molar-refractivity contribution in [2.75, 3.05) is 6.61 Å². The molecule has 16 heavy (non-hydrogen) atoms. The molecule has 0 aliphatic carbocycles. The SMILES string of the molecule is CC(C)C(=O)O[C@H]1C[C@@H](O)[C@H](O)[C@@H](CO)O1. The molecule has 6 nitrogen and oxygen atoms in total. The molecule has 0 aromatic rings. The van der Waals surface area contributed by atoms with Crippen molar-refractivity contribution in [2.24, 2.45) is 5.92 Å². The van der Waals surface area contributed by atoms with E-state index >= 15 is 0 Å². The molecule has 1 heterocycles. The Morgan fingerprint density at radius 2 is 2.12 bits per heavy atom. The Labute approximate surface area is 93.8 Å². The van der Waals surface area contributed by atoms with Crippen LogP contribution >= 0.6 is 0 Å². The summed E-state index contributed by atoms with van der Waals surface area (Å²) in [5, 5.41) is 27.8. The van der Waals surface area contributed by atoms with E-state index in [1.165, 1.54) is 0 Å². The highest BCUT2D eigenvalue weighted by atomic mass is 16.7. The van der Waals surface area contributed by atoms with Gasteiger partial charge in [0.05, 0.1) is 18.6 Å². The van der Waals surface area contributed by atoms with Crippen molar-refractivity contribution in [1.29, 1.82) is 0 Å². The molecule has 94 valence electrons. The third kappa shape index (κ3) is 3.15. The molecule has 0 radical (unpaired) electrons. The molecule has 3 N–H and O–H groups in total. The first-order valence-electron chi connectivity index (χ1n) is 5.28. The summed E-state index contributed by atoms with van der Waals surface area (Å²) in [5.41, 5.74) is 0. The van der Waals surface area contributed by atoms with Crippen molar-refractivity contribution >= 4 is 5.97 Å². The zero-order chi connectivity index (χ0) is 12.3. The van der Waals surface area contributed by atoms with Gasteiger partial charge in [-0.15, -0.1) is 0 Å². The third-order valence-electron chi connectivity index (χ3n) is 2.43. The maximum absolute atomic E-state index is 11.3. The van der Waals surface area contributed by atoms with Crippen molar-refractivity contribution in [3.8, 4) is 0 Å². The van der Waals surface area contributed by atoms with Crippen molar-refractivity contribution in [2.45, 2.75) is 44.9 Å². The number of hydrogen-bond acceptors (Lipinski definition) is 6. The Bertz CT molecular complexity index is 241. The van der Waals surface area contributed by atoms with Crippen LogP contribution in [0.5, 0.6) is 0 Å². The summed E-state index contributed by atoms with van der Waals surface area (Å²) in [6, 6.07) is 0. The monoisotopic (exact) mass is 234 g/mol. The summed E-state index contributed by atoms with van der Waals surface area (Å²) in [4.78, 5) is 11.3. The predicted molar refractivity (Wildman–Crippen MR) is 53.3 cm³/mol. The number of aliphatic hydroxyl groups is 3. The van der Waals surface area contributed by atoms with Crippen LogP contribution < -0.4 is 0 Å². The van der Waals surface area contributed by atoms with Gasteiger partial charge < -0.3 is 24.8 Å². The molecule has 1 rings (SSSR count). The number of ether oxygens (including phenoxy) is 2. The van der Waals surface area contributed by atoms with Crippen LogP contribution in [-0.4, -0.2) is 52.5 Å². The van der Waals surface area contributed by atoms with Crippen LogP contribution in [0, 0.1) is 5.92 Å². The van der Waals surface area contributed by atoms with Gasteiger partial charge in [-0.3, -0.25) is 4.79 Å². The Hall–Kier alpha value is -0.690. The second-order valence-electron chi connectivity index (χ2n) is 4.17. The Balaban J connectivity index is 2.53. The van der Waals surface area contributed by atoms with E-state index in [2.05, 4.69) is 0 Å². The summed E-state index contributed by atoms with van der Waals surface area (Å²) >= 11 is 0. The lowest BCUT2D eigenvalue weighted by molar-refractivity contribution is -0.252. The molecule has 0 amide bonds. The van der Waals surface area contributed by atoms with Gasteiger partial charge in [0, 0.05) is 6.42 Å². The van der Waals surface area contributed by atoms with Crippen LogP contribution in [0.25, 0.3) is 0 Å². The van der Waals surface area contributed by atoms with E-state index < -0.39 is 37.2 Å². The van der Waals surface area contributed by atoms with Crippen LogP contribution in [0.15, 0.2) is 0 Å². The summed E-state index contributed by atoms with van der Waals surface area (Å²) in [7, 11) is 0. The van der Waals surface area contributed by atoms with Crippen LogP contribution in [0.1, 0.15) is 20.3 Å². The average molecular weight is 234 g/mol. The lowest BCUT2D eigenvalue weighted by Crippen LogP contribution is -2.51. The molecule has 1 aliphatic rings. The minimum atomic E-state index is -1.15.